The Morgan fingerprint density at radius 3 is 1.85 bits per heavy atom. The van der Waals surface area contributed by atoms with Crippen LogP contribution in [0.5, 0.6) is 0 Å². The van der Waals surface area contributed by atoms with E-state index in [9.17, 15) is 0 Å². The zero-order chi connectivity index (χ0) is 40.0. The molecule has 0 aliphatic carbocycles. The summed E-state index contributed by atoms with van der Waals surface area (Å²) in [5.74, 6) is 1.80. The Hall–Kier alpha value is -7.93. The van der Waals surface area contributed by atoms with Crippen LogP contribution in [0.15, 0.2) is 199 Å². The van der Waals surface area contributed by atoms with Crippen LogP contribution in [0.3, 0.4) is 0 Å². The van der Waals surface area contributed by atoms with E-state index in [0.717, 1.165) is 66.3 Å². The van der Waals surface area contributed by atoms with Gasteiger partial charge in [-0.05, 0) is 52.2 Å². The second-order valence-electron chi connectivity index (χ2n) is 15.5. The van der Waals surface area contributed by atoms with Crippen molar-refractivity contribution in [2.45, 2.75) is 0 Å². The van der Waals surface area contributed by atoms with Gasteiger partial charge in [0.2, 0.25) is 0 Å². The Balaban J connectivity index is 1.15. The minimum atomic E-state index is 0.580. The standard InChI is InChI=1S/C55H32N4OS/c1-3-16-34(17-4-1)53-56-54(35-18-5-2-6-19-35)58-55(57-53)44-31-36(38-24-13-20-33-15-7-8-21-37(33)38)32-47-49(44)43-25-14-27-46(51(43)60-47)59-45-26-11-9-22-39(45)41-29-30-42-40-23-10-12-28-48(40)61-52(42)50(41)59/h1-32H. The summed E-state index contributed by atoms with van der Waals surface area (Å²) in [5, 5.41) is 9.23. The molecule has 5 nitrogen and oxygen atoms in total. The summed E-state index contributed by atoms with van der Waals surface area (Å²) in [6.45, 7) is 0. The molecule has 0 saturated heterocycles. The van der Waals surface area contributed by atoms with Crippen molar-refractivity contribution in [1.29, 1.82) is 0 Å². The molecule has 0 unspecified atom stereocenters. The maximum absolute atomic E-state index is 7.25. The predicted molar refractivity (Wildman–Crippen MR) is 254 cm³/mol. The van der Waals surface area contributed by atoms with Gasteiger partial charge in [-0.15, -0.1) is 11.3 Å². The maximum atomic E-state index is 7.25. The number of hydrogen-bond donors (Lipinski definition) is 0. The van der Waals surface area contributed by atoms with Crippen molar-refractivity contribution in [2.24, 2.45) is 0 Å². The smallest absolute Gasteiger partial charge is 0.164 e. The molecule has 0 amide bonds. The molecule has 0 radical (unpaired) electrons. The molecule has 0 aliphatic rings. The highest BCUT2D eigenvalue weighted by molar-refractivity contribution is 7.26. The highest BCUT2D eigenvalue weighted by Crippen LogP contribution is 2.46. The Labute approximate surface area is 353 Å². The molecule has 6 heteroatoms. The third-order valence-corrected chi connectivity index (χ3v) is 13.2. The lowest BCUT2D eigenvalue weighted by atomic mass is 9.94. The Kier molecular flexibility index (Phi) is 7.41. The topological polar surface area (TPSA) is 56.7 Å². The first-order valence-corrected chi connectivity index (χ1v) is 21.3. The number of benzene rings is 9. The van der Waals surface area contributed by atoms with Crippen molar-refractivity contribution >= 4 is 86.0 Å². The van der Waals surface area contributed by atoms with Gasteiger partial charge >= 0.3 is 0 Å². The Morgan fingerprint density at radius 1 is 0.426 bits per heavy atom. The minimum Gasteiger partial charge on any atom is -0.454 e. The summed E-state index contributed by atoms with van der Waals surface area (Å²) < 4.78 is 12.2. The second kappa shape index (κ2) is 13.3. The molecule has 4 heterocycles. The van der Waals surface area contributed by atoms with E-state index in [2.05, 4.69) is 162 Å². The summed E-state index contributed by atoms with van der Waals surface area (Å²) >= 11 is 1.85. The van der Waals surface area contributed by atoms with E-state index in [4.69, 9.17) is 19.4 Å². The number of furan rings is 1. The van der Waals surface area contributed by atoms with Gasteiger partial charge in [0, 0.05) is 53.7 Å². The van der Waals surface area contributed by atoms with E-state index in [1.54, 1.807) is 0 Å². The van der Waals surface area contributed by atoms with E-state index in [1.807, 2.05) is 47.7 Å². The maximum Gasteiger partial charge on any atom is 0.164 e. The van der Waals surface area contributed by atoms with Crippen LogP contribution in [0.4, 0.5) is 0 Å². The van der Waals surface area contributed by atoms with Crippen LogP contribution in [-0.2, 0) is 0 Å². The molecular formula is C55H32N4OS. The first-order valence-electron chi connectivity index (χ1n) is 20.4. The highest BCUT2D eigenvalue weighted by atomic mass is 32.1. The Morgan fingerprint density at radius 2 is 1.05 bits per heavy atom. The van der Waals surface area contributed by atoms with Gasteiger partial charge in [-0.2, -0.15) is 0 Å². The number of aromatic nitrogens is 4. The van der Waals surface area contributed by atoms with E-state index in [0.29, 0.717) is 17.5 Å². The second-order valence-corrected chi connectivity index (χ2v) is 16.6. The number of thiophene rings is 1. The fourth-order valence-electron chi connectivity index (χ4n) is 9.31. The summed E-state index contributed by atoms with van der Waals surface area (Å²) in [4.78, 5) is 15.6. The van der Waals surface area contributed by atoms with E-state index >= 15 is 0 Å². The zero-order valence-corrected chi connectivity index (χ0v) is 33.4. The van der Waals surface area contributed by atoms with Crippen molar-refractivity contribution in [3.8, 4) is 51.0 Å². The first kappa shape index (κ1) is 34.0. The van der Waals surface area contributed by atoms with Crippen LogP contribution in [0.1, 0.15) is 0 Å². The molecule has 13 aromatic rings. The molecule has 0 atom stereocenters. The van der Waals surface area contributed by atoms with Crippen molar-refractivity contribution in [3.63, 3.8) is 0 Å². The highest BCUT2D eigenvalue weighted by Gasteiger charge is 2.24. The number of para-hydroxylation sites is 2. The fraction of sp³-hybridized carbons (Fsp3) is 0. The van der Waals surface area contributed by atoms with Gasteiger partial charge in [0.15, 0.2) is 23.1 Å². The molecule has 9 aromatic carbocycles. The summed E-state index contributed by atoms with van der Waals surface area (Å²) in [7, 11) is 0. The summed E-state index contributed by atoms with van der Waals surface area (Å²) in [6.07, 6.45) is 0. The third kappa shape index (κ3) is 5.22. The first-order chi connectivity index (χ1) is 30.2. The van der Waals surface area contributed by atoms with Crippen LogP contribution in [0.25, 0.3) is 126 Å². The van der Waals surface area contributed by atoms with Crippen molar-refractivity contribution in [1.82, 2.24) is 19.5 Å². The average Bonchev–Trinajstić information content (AvgIpc) is 4.01. The molecule has 61 heavy (non-hydrogen) atoms. The number of nitrogens with zero attached hydrogens (tertiary/aromatic N) is 4. The molecule has 0 bridgehead atoms. The quantitative estimate of drug-likeness (QED) is 0.174. The molecule has 0 spiro atoms. The van der Waals surface area contributed by atoms with Crippen LogP contribution >= 0.6 is 11.3 Å². The Bertz CT molecular complexity index is 3820. The van der Waals surface area contributed by atoms with E-state index < -0.39 is 0 Å². The van der Waals surface area contributed by atoms with Gasteiger partial charge in [0.1, 0.15) is 5.58 Å². The van der Waals surface area contributed by atoms with E-state index in [-0.39, 0.29) is 0 Å². The molecule has 4 aromatic heterocycles. The lowest BCUT2D eigenvalue weighted by molar-refractivity contribution is 0.666. The van der Waals surface area contributed by atoms with Gasteiger partial charge in [-0.3, -0.25) is 0 Å². The minimum absolute atomic E-state index is 0.580. The van der Waals surface area contributed by atoms with Crippen molar-refractivity contribution in [3.05, 3.63) is 194 Å². The molecule has 0 fully saturated rings. The average molecular weight is 797 g/mol. The van der Waals surface area contributed by atoms with Gasteiger partial charge in [0.05, 0.1) is 21.4 Å². The summed E-state index contributed by atoms with van der Waals surface area (Å²) in [6, 6.07) is 68.3. The molecule has 284 valence electrons. The van der Waals surface area contributed by atoms with E-state index in [1.165, 1.54) is 41.8 Å². The molecule has 0 aliphatic heterocycles. The van der Waals surface area contributed by atoms with Crippen molar-refractivity contribution < 1.29 is 4.42 Å². The van der Waals surface area contributed by atoms with Gasteiger partial charge in [-0.1, -0.05) is 164 Å². The van der Waals surface area contributed by atoms with Crippen molar-refractivity contribution in [2.75, 3.05) is 0 Å². The molecular weight excluding hydrogens is 765 g/mol. The number of rotatable bonds is 5. The van der Waals surface area contributed by atoms with Crippen LogP contribution in [-0.4, -0.2) is 19.5 Å². The third-order valence-electron chi connectivity index (χ3n) is 12.0. The van der Waals surface area contributed by atoms with Crippen LogP contribution in [0.2, 0.25) is 0 Å². The summed E-state index contributed by atoms with van der Waals surface area (Å²) in [5.41, 5.74) is 9.70. The zero-order valence-electron chi connectivity index (χ0n) is 32.6. The lowest BCUT2D eigenvalue weighted by Crippen LogP contribution is -2.00. The van der Waals surface area contributed by atoms with Gasteiger partial charge < -0.3 is 8.98 Å². The predicted octanol–water partition coefficient (Wildman–Crippen LogP) is 15.1. The van der Waals surface area contributed by atoms with Crippen LogP contribution in [0, 0.1) is 0 Å². The largest absolute Gasteiger partial charge is 0.454 e. The SMILES string of the molecule is c1ccc(-c2nc(-c3ccccc3)nc(-c3cc(-c4cccc5ccccc45)cc4oc5c(-n6c7ccccc7c7ccc8c9ccccc9sc8c76)cccc5c34)n2)cc1. The van der Waals surface area contributed by atoms with Gasteiger partial charge in [-0.25, -0.2) is 15.0 Å². The number of hydrogen-bond acceptors (Lipinski definition) is 5. The molecule has 13 rings (SSSR count). The fourth-order valence-corrected chi connectivity index (χ4v) is 10.5. The number of fused-ring (bicyclic) bond motifs is 11. The monoisotopic (exact) mass is 796 g/mol. The molecule has 0 saturated carbocycles. The normalized spacial score (nSPS) is 11.9. The lowest BCUT2D eigenvalue weighted by Gasteiger charge is -2.12. The molecule has 0 N–H and O–H groups in total. The van der Waals surface area contributed by atoms with Gasteiger partial charge in [0.25, 0.3) is 0 Å². The van der Waals surface area contributed by atoms with Crippen LogP contribution < -0.4 is 0 Å².